The van der Waals surface area contributed by atoms with Crippen LogP contribution in [0.15, 0.2) is 6.20 Å². The normalized spacial score (nSPS) is 17.2. The Morgan fingerprint density at radius 3 is 2.90 bits per heavy atom. The van der Waals surface area contributed by atoms with Crippen molar-refractivity contribution >= 4 is 5.91 Å². The number of hydrogen-bond donors (Lipinski definition) is 2. The van der Waals surface area contributed by atoms with Gasteiger partial charge in [0.05, 0.1) is 11.9 Å². The quantitative estimate of drug-likeness (QED) is 0.734. The summed E-state index contributed by atoms with van der Waals surface area (Å²) in [5.41, 5.74) is 1.07. The molecule has 0 unspecified atom stereocenters. The molecular weight excluding hydrogens is 254 g/mol. The first-order valence-electron chi connectivity index (χ1n) is 7.57. The molecule has 2 N–H and O–H groups in total. The number of carbonyl (C=O) groups excluding carboxylic acids is 1. The molecule has 6 heteroatoms. The van der Waals surface area contributed by atoms with Crippen molar-refractivity contribution < 1.29 is 4.79 Å². The van der Waals surface area contributed by atoms with Gasteiger partial charge in [-0.05, 0) is 52.2 Å². The summed E-state index contributed by atoms with van der Waals surface area (Å²) in [6, 6.07) is 0.384. The lowest BCUT2D eigenvalue weighted by Crippen LogP contribution is -2.43. The number of aromatic nitrogens is 3. The van der Waals surface area contributed by atoms with Gasteiger partial charge in [0, 0.05) is 12.5 Å². The fraction of sp³-hybridized carbons (Fsp3) is 0.786. The first-order valence-corrected chi connectivity index (χ1v) is 7.57. The summed E-state index contributed by atoms with van der Waals surface area (Å²) < 4.78 is 0. The molecule has 2 rings (SSSR count). The van der Waals surface area contributed by atoms with Gasteiger partial charge in [-0.15, -0.1) is 5.10 Å². The lowest BCUT2D eigenvalue weighted by Gasteiger charge is -2.29. The molecule has 0 bridgehead atoms. The van der Waals surface area contributed by atoms with Gasteiger partial charge in [0.25, 0.3) is 0 Å². The highest BCUT2D eigenvalue weighted by Gasteiger charge is 2.17. The molecular formula is C14H25N5O. The largest absolute Gasteiger partial charge is 0.353 e. The smallest absolute Gasteiger partial charge is 0.220 e. The van der Waals surface area contributed by atoms with E-state index >= 15 is 0 Å². The van der Waals surface area contributed by atoms with Crippen LogP contribution in [0.25, 0.3) is 0 Å². The summed E-state index contributed by atoms with van der Waals surface area (Å²) in [5.74, 6) is 0.211. The van der Waals surface area contributed by atoms with Crippen molar-refractivity contribution in [1.82, 2.24) is 25.6 Å². The molecule has 0 saturated carbocycles. The summed E-state index contributed by atoms with van der Waals surface area (Å²) in [6.07, 6.45) is 8.62. The van der Waals surface area contributed by atoms with Gasteiger partial charge in [0.1, 0.15) is 0 Å². The maximum absolute atomic E-state index is 11.8. The minimum atomic E-state index is 0.211. The van der Waals surface area contributed by atoms with E-state index in [1.165, 1.54) is 0 Å². The van der Waals surface area contributed by atoms with Gasteiger partial charge in [-0.3, -0.25) is 9.89 Å². The van der Waals surface area contributed by atoms with E-state index in [0.29, 0.717) is 12.5 Å². The van der Waals surface area contributed by atoms with Gasteiger partial charge in [-0.25, -0.2) is 0 Å². The van der Waals surface area contributed by atoms with E-state index in [0.717, 1.165) is 57.3 Å². The predicted molar refractivity (Wildman–Crippen MR) is 77.2 cm³/mol. The third-order valence-corrected chi connectivity index (χ3v) is 3.90. The number of nitrogens with one attached hydrogen (secondary N) is 2. The molecule has 0 spiro atoms. The second-order valence-electron chi connectivity index (χ2n) is 5.69. The van der Waals surface area contributed by atoms with E-state index in [-0.39, 0.29) is 5.91 Å². The third kappa shape index (κ3) is 5.28. The lowest BCUT2D eigenvalue weighted by atomic mass is 10.0. The van der Waals surface area contributed by atoms with Crippen molar-refractivity contribution in [2.45, 2.75) is 51.0 Å². The highest BCUT2D eigenvalue weighted by atomic mass is 16.1. The number of piperidine rings is 1. The van der Waals surface area contributed by atoms with Gasteiger partial charge in [-0.2, -0.15) is 0 Å². The topological polar surface area (TPSA) is 73.9 Å². The Morgan fingerprint density at radius 2 is 2.20 bits per heavy atom. The average molecular weight is 279 g/mol. The zero-order chi connectivity index (χ0) is 14.2. The first kappa shape index (κ1) is 15.0. The van der Waals surface area contributed by atoms with Crippen molar-refractivity contribution in [1.29, 1.82) is 0 Å². The summed E-state index contributed by atoms with van der Waals surface area (Å²) in [7, 11) is 2.13. The molecule has 1 saturated heterocycles. The van der Waals surface area contributed by atoms with E-state index in [4.69, 9.17) is 0 Å². The van der Waals surface area contributed by atoms with Gasteiger partial charge in [0.2, 0.25) is 5.91 Å². The Hall–Kier alpha value is -1.43. The summed E-state index contributed by atoms with van der Waals surface area (Å²) in [6.45, 7) is 2.17. The van der Waals surface area contributed by atoms with Crippen LogP contribution in [0.2, 0.25) is 0 Å². The predicted octanol–water partition coefficient (Wildman–Crippen LogP) is 1.12. The summed E-state index contributed by atoms with van der Waals surface area (Å²) in [5, 5.41) is 13.4. The number of hydrogen-bond acceptors (Lipinski definition) is 4. The molecule has 1 aliphatic heterocycles. The molecule has 0 aromatic carbocycles. The van der Waals surface area contributed by atoms with Crippen molar-refractivity contribution in [3.63, 3.8) is 0 Å². The van der Waals surface area contributed by atoms with E-state index in [1.54, 1.807) is 6.20 Å². The second kappa shape index (κ2) is 7.99. The van der Waals surface area contributed by atoms with Crippen LogP contribution in [0.1, 0.15) is 44.2 Å². The van der Waals surface area contributed by atoms with Gasteiger partial charge in [-0.1, -0.05) is 11.6 Å². The molecule has 6 nitrogen and oxygen atoms in total. The number of amides is 1. The Bertz CT molecular complexity index is 384. The Morgan fingerprint density at radius 1 is 1.40 bits per heavy atom. The van der Waals surface area contributed by atoms with Crippen molar-refractivity contribution in [3.05, 3.63) is 11.9 Å². The SMILES string of the molecule is CN1CCC(NC(=O)CCCCCc2cnn[nH]2)CC1. The number of aromatic amines is 1. The summed E-state index contributed by atoms with van der Waals surface area (Å²) >= 11 is 0. The van der Waals surface area contributed by atoms with E-state index in [1.807, 2.05) is 0 Å². The van der Waals surface area contributed by atoms with E-state index in [2.05, 4.69) is 32.7 Å². The van der Waals surface area contributed by atoms with Gasteiger partial charge < -0.3 is 10.2 Å². The third-order valence-electron chi connectivity index (χ3n) is 3.90. The minimum Gasteiger partial charge on any atom is -0.353 e. The summed E-state index contributed by atoms with van der Waals surface area (Å²) in [4.78, 5) is 14.1. The Balaban J connectivity index is 1.50. The van der Waals surface area contributed by atoms with Crippen LogP contribution < -0.4 is 5.32 Å². The molecule has 1 fully saturated rings. The molecule has 112 valence electrons. The number of H-pyrrole nitrogens is 1. The van der Waals surface area contributed by atoms with Crippen molar-refractivity contribution in [2.24, 2.45) is 0 Å². The van der Waals surface area contributed by atoms with Crippen molar-refractivity contribution in [3.8, 4) is 0 Å². The molecule has 20 heavy (non-hydrogen) atoms. The Labute approximate surface area is 120 Å². The fourth-order valence-corrected chi connectivity index (χ4v) is 2.57. The molecule has 1 aliphatic rings. The zero-order valence-corrected chi connectivity index (χ0v) is 12.3. The van der Waals surface area contributed by atoms with Crippen molar-refractivity contribution in [2.75, 3.05) is 20.1 Å². The molecule has 0 atom stereocenters. The van der Waals surface area contributed by atoms with Crippen LogP contribution in [0.5, 0.6) is 0 Å². The maximum atomic E-state index is 11.8. The van der Waals surface area contributed by atoms with Crippen LogP contribution in [-0.2, 0) is 11.2 Å². The monoisotopic (exact) mass is 279 g/mol. The molecule has 1 aromatic rings. The molecule has 0 radical (unpaired) electrons. The Kier molecular flexibility index (Phi) is 5.98. The van der Waals surface area contributed by atoms with Crippen LogP contribution in [0.4, 0.5) is 0 Å². The second-order valence-corrected chi connectivity index (χ2v) is 5.69. The minimum absolute atomic E-state index is 0.211. The van der Waals surface area contributed by atoms with E-state index in [9.17, 15) is 4.79 Å². The number of carbonyl (C=O) groups is 1. The number of nitrogens with zero attached hydrogens (tertiary/aromatic N) is 3. The molecule has 1 aromatic heterocycles. The highest BCUT2D eigenvalue weighted by molar-refractivity contribution is 5.76. The number of likely N-dealkylation sites (tertiary alicyclic amines) is 1. The first-order chi connectivity index (χ1) is 9.74. The standard InChI is InChI=1S/C14H25N5O/c1-19-9-7-12(8-10-19)16-14(20)6-4-2-3-5-13-11-15-18-17-13/h11-12H,2-10H2,1H3,(H,16,20)(H,15,17,18). The lowest BCUT2D eigenvalue weighted by molar-refractivity contribution is -0.122. The number of rotatable bonds is 7. The number of aryl methyl sites for hydroxylation is 1. The van der Waals surface area contributed by atoms with Crippen LogP contribution in [-0.4, -0.2) is 52.4 Å². The fourth-order valence-electron chi connectivity index (χ4n) is 2.57. The van der Waals surface area contributed by atoms with Gasteiger partial charge in [0.15, 0.2) is 0 Å². The highest BCUT2D eigenvalue weighted by Crippen LogP contribution is 2.09. The maximum Gasteiger partial charge on any atom is 0.220 e. The van der Waals surface area contributed by atoms with E-state index < -0.39 is 0 Å². The average Bonchev–Trinajstić information content (AvgIpc) is 2.94. The van der Waals surface area contributed by atoms with Crippen LogP contribution in [0, 0.1) is 0 Å². The van der Waals surface area contributed by atoms with Crippen LogP contribution in [0.3, 0.4) is 0 Å². The van der Waals surface area contributed by atoms with Crippen LogP contribution >= 0.6 is 0 Å². The molecule has 2 heterocycles. The molecule has 0 aliphatic carbocycles. The molecule has 1 amide bonds. The number of unbranched alkanes of at least 4 members (excludes halogenated alkanes) is 2. The van der Waals surface area contributed by atoms with Gasteiger partial charge >= 0.3 is 0 Å². The zero-order valence-electron chi connectivity index (χ0n) is 12.3.